The van der Waals surface area contributed by atoms with Crippen LogP contribution in [-0.2, 0) is 11.3 Å². The van der Waals surface area contributed by atoms with E-state index < -0.39 is 5.97 Å². The second kappa shape index (κ2) is 8.97. The Morgan fingerprint density at radius 1 is 1.33 bits per heavy atom. The summed E-state index contributed by atoms with van der Waals surface area (Å²) in [6.07, 6.45) is 6.02. The number of nitrogens with zero attached hydrogens (tertiary/aromatic N) is 2. The van der Waals surface area contributed by atoms with Gasteiger partial charge in [0.25, 0.3) is 0 Å². The Labute approximate surface area is 162 Å². The van der Waals surface area contributed by atoms with Crippen LogP contribution in [0.3, 0.4) is 0 Å². The fourth-order valence-electron chi connectivity index (χ4n) is 3.09. The van der Waals surface area contributed by atoms with Gasteiger partial charge in [-0.15, -0.1) is 0 Å². The highest BCUT2D eigenvalue weighted by Gasteiger charge is 2.20. The number of benzene rings is 1. The first-order valence-corrected chi connectivity index (χ1v) is 9.17. The molecule has 2 aromatic rings. The van der Waals surface area contributed by atoms with E-state index in [4.69, 9.17) is 16.7 Å². The van der Waals surface area contributed by atoms with Gasteiger partial charge in [-0.3, -0.25) is 4.90 Å². The van der Waals surface area contributed by atoms with Gasteiger partial charge in [0.1, 0.15) is 11.6 Å². The van der Waals surface area contributed by atoms with Crippen LogP contribution in [0.15, 0.2) is 42.6 Å². The van der Waals surface area contributed by atoms with Crippen molar-refractivity contribution in [2.24, 2.45) is 0 Å². The summed E-state index contributed by atoms with van der Waals surface area (Å²) in [5.74, 6) is -0.614. The second-order valence-corrected chi connectivity index (χ2v) is 7.00. The summed E-state index contributed by atoms with van der Waals surface area (Å²) in [6, 6.07) is 8.60. The van der Waals surface area contributed by atoms with Gasteiger partial charge in [-0.1, -0.05) is 23.7 Å². The van der Waals surface area contributed by atoms with Gasteiger partial charge in [0.05, 0.1) is 5.02 Å². The highest BCUT2D eigenvalue weighted by Crippen LogP contribution is 2.24. The van der Waals surface area contributed by atoms with Crippen LogP contribution >= 0.6 is 11.6 Å². The van der Waals surface area contributed by atoms with Crippen molar-refractivity contribution < 1.29 is 14.3 Å². The van der Waals surface area contributed by atoms with Crippen LogP contribution in [0.4, 0.5) is 10.2 Å². The third kappa shape index (κ3) is 5.77. The lowest BCUT2D eigenvalue weighted by Crippen LogP contribution is -2.38. The number of nitrogens with one attached hydrogen (secondary N) is 1. The maximum Gasteiger partial charge on any atom is 0.328 e. The van der Waals surface area contributed by atoms with E-state index in [1.807, 2.05) is 12.1 Å². The molecule has 0 unspecified atom stereocenters. The molecule has 3 rings (SSSR count). The zero-order chi connectivity index (χ0) is 19.2. The molecule has 7 heteroatoms. The molecule has 0 radical (unpaired) electrons. The fraction of sp³-hybridized carbons (Fsp3) is 0.300. The largest absolute Gasteiger partial charge is 0.478 e. The van der Waals surface area contributed by atoms with E-state index in [9.17, 15) is 9.18 Å². The van der Waals surface area contributed by atoms with Crippen LogP contribution in [0, 0.1) is 5.82 Å². The predicted octanol–water partition coefficient (Wildman–Crippen LogP) is 4.05. The molecule has 0 atom stereocenters. The minimum Gasteiger partial charge on any atom is -0.478 e. The number of halogens is 2. The van der Waals surface area contributed by atoms with Gasteiger partial charge < -0.3 is 10.4 Å². The monoisotopic (exact) mass is 389 g/mol. The number of rotatable bonds is 6. The standard InChI is InChI=1S/C20H21ClFN3O2/c21-18-11-15(3-6-19(26)27)12-23-20(18)24-17-7-9-25(10-8-17)13-14-1-4-16(22)5-2-14/h1-6,11-12,17H,7-10,13H2,(H,23,24)(H,26,27). The van der Waals surface area contributed by atoms with Crippen molar-refractivity contribution in [2.45, 2.75) is 25.4 Å². The number of pyridine rings is 1. The zero-order valence-electron chi connectivity index (χ0n) is 14.7. The van der Waals surface area contributed by atoms with Crippen LogP contribution in [0.25, 0.3) is 6.08 Å². The lowest BCUT2D eigenvalue weighted by atomic mass is 10.0. The lowest BCUT2D eigenvalue weighted by molar-refractivity contribution is -0.131. The van der Waals surface area contributed by atoms with Gasteiger partial charge in [-0.2, -0.15) is 0 Å². The van der Waals surface area contributed by atoms with E-state index in [0.29, 0.717) is 16.4 Å². The number of likely N-dealkylation sites (tertiary alicyclic amines) is 1. The van der Waals surface area contributed by atoms with Crippen LogP contribution in [0.5, 0.6) is 0 Å². The first-order chi connectivity index (χ1) is 13.0. The van der Waals surface area contributed by atoms with Crippen LogP contribution in [0.2, 0.25) is 5.02 Å². The summed E-state index contributed by atoms with van der Waals surface area (Å²) in [5, 5.41) is 12.5. The molecule has 0 spiro atoms. The Kier molecular flexibility index (Phi) is 6.42. The normalized spacial score (nSPS) is 15.9. The highest BCUT2D eigenvalue weighted by molar-refractivity contribution is 6.33. The van der Waals surface area contributed by atoms with Crippen LogP contribution in [0.1, 0.15) is 24.0 Å². The quantitative estimate of drug-likeness (QED) is 0.730. The number of carbonyl (C=O) groups is 1. The van der Waals surface area contributed by atoms with E-state index in [2.05, 4.69) is 15.2 Å². The molecule has 0 saturated carbocycles. The molecule has 1 fully saturated rings. The lowest BCUT2D eigenvalue weighted by Gasteiger charge is -2.32. The van der Waals surface area contributed by atoms with Gasteiger partial charge in [-0.25, -0.2) is 14.2 Å². The van der Waals surface area contributed by atoms with E-state index in [1.165, 1.54) is 18.2 Å². The SMILES string of the molecule is O=C(O)C=Cc1cnc(NC2CCN(Cc3ccc(F)cc3)CC2)c(Cl)c1. The Morgan fingerprint density at radius 3 is 2.67 bits per heavy atom. The zero-order valence-corrected chi connectivity index (χ0v) is 15.5. The molecule has 27 heavy (non-hydrogen) atoms. The van der Waals surface area contributed by atoms with E-state index >= 15 is 0 Å². The highest BCUT2D eigenvalue weighted by atomic mass is 35.5. The number of anilines is 1. The topological polar surface area (TPSA) is 65.5 Å². The molecule has 5 nitrogen and oxygen atoms in total. The number of aliphatic carboxylic acids is 1. The summed E-state index contributed by atoms with van der Waals surface area (Å²) >= 11 is 6.27. The van der Waals surface area contributed by atoms with Crippen molar-refractivity contribution in [3.8, 4) is 0 Å². The molecule has 1 saturated heterocycles. The Morgan fingerprint density at radius 2 is 2.04 bits per heavy atom. The average molecular weight is 390 g/mol. The number of hydrogen-bond donors (Lipinski definition) is 2. The number of aromatic nitrogens is 1. The predicted molar refractivity (Wildman–Crippen MR) is 104 cm³/mol. The van der Waals surface area contributed by atoms with Crippen molar-refractivity contribution in [2.75, 3.05) is 18.4 Å². The first kappa shape index (κ1) is 19.3. The van der Waals surface area contributed by atoms with Crippen molar-refractivity contribution in [3.05, 3.63) is 64.6 Å². The third-order valence-corrected chi connectivity index (χ3v) is 4.82. The van der Waals surface area contributed by atoms with Gasteiger partial charge in [0.15, 0.2) is 0 Å². The average Bonchev–Trinajstić information content (AvgIpc) is 2.65. The summed E-state index contributed by atoms with van der Waals surface area (Å²) in [5.41, 5.74) is 1.75. The molecule has 1 aromatic heterocycles. The molecular weight excluding hydrogens is 369 g/mol. The summed E-state index contributed by atoms with van der Waals surface area (Å²) in [7, 11) is 0. The summed E-state index contributed by atoms with van der Waals surface area (Å²) in [6.45, 7) is 2.69. The number of carboxylic acids is 1. The molecule has 0 bridgehead atoms. The van der Waals surface area contributed by atoms with Gasteiger partial charge in [0.2, 0.25) is 0 Å². The molecular formula is C20H21ClFN3O2. The Hall–Kier alpha value is -2.44. The molecule has 142 valence electrons. The van der Waals surface area contributed by atoms with Gasteiger partial charge in [-0.05, 0) is 48.2 Å². The molecule has 1 aliphatic heterocycles. The molecule has 1 aliphatic rings. The van der Waals surface area contributed by atoms with E-state index in [-0.39, 0.29) is 11.9 Å². The molecule has 0 aliphatic carbocycles. The van der Waals surface area contributed by atoms with Crippen molar-refractivity contribution >= 4 is 29.5 Å². The van der Waals surface area contributed by atoms with E-state index in [0.717, 1.165) is 44.1 Å². The molecule has 0 amide bonds. The summed E-state index contributed by atoms with van der Waals surface area (Å²) in [4.78, 5) is 17.2. The fourth-order valence-corrected chi connectivity index (χ4v) is 3.32. The smallest absolute Gasteiger partial charge is 0.328 e. The van der Waals surface area contributed by atoms with Crippen molar-refractivity contribution in [1.82, 2.24) is 9.88 Å². The molecule has 1 aromatic carbocycles. The van der Waals surface area contributed by atoms with Crippen LogP contribution in [-0.4, -0.2) is 40.1 Å². The maximum atomic E-state index is 13.0. The minimum absolute atomic E-state index is 0.212. The summed E-state index contributed by atoms with van der Waals surface area (Å²) < 4.78 is 13.0. The molecule has 2 heterocycles. The molecule has 2 N–H and O–H groups in total. The number of piperidine rings is 1. The van der Waals surface area contributed by atoms with E-state index in [1.54, 1.807) is 12.3 Å². The Balaban J connectivity index is 1.51. The van der Waals surface area contributed by atoms with Gasteiger partial charge in [0, 0.05) is 37.9 Å². The second-order valence-electron chi connectivity index (χ2n) is 6.59. The van der Waals surface area contributed by atoms with Gasteiger partial charge >= 0.3 is 5.97 Å². The van der Waals surface area contributed by atoms with Crippen molar-refractivity contribution in [1.29, 1.82) is 0 Å². The third-order valence-electron chi connectivity index (χ3n) is 4.53. The minimum atomic E-state index is -1.01. The Bertz CT molecular complexity index is 818. The van der Waals surface area contributed by atoms with Crippen LogP contribution < -0.4 is 5.32 Å². The first-order valence-electron chi connectivity index (χ1n) is 8.79. The number of carboxylic acid groups (broad SMARTS) is 1. The maximum absolute atomic E-state index is 13.0. The number of hydrogen-bond acceptors (Lipinski definition) is 4. The van der Waals surface area contributed by atoms with Crippen molar-refractivity contribution in [3.63, 3.8) is 0 Å².